The third-order valence-corrected chi connectivity index (χ3v) is 4.93. The van der Waals surface area contributed by atoms with E-state index >= 15 is 0 Å². The highest BCUT2D eigenvalue weighted by Gasteiger charge is 2.36. The highest BCUT2D eigenvalue weighted by Crippen LogP contribution is 2.32. The van der Waals surface area contributed by atoms with E-state index in [2.05, 4.69) is 5.32 Å². The zero-order chi connectivity index (χ0) is 21.9. The van der Waals surface area contributed by atoms with Crippen LogP contribution in [0.2, 0.25) is 5.02 Å². The summed E-state index contributed by atoms with van der Waals surface area (Å²) in [4.78, 5) is 27.8. The first kappa shape index (κ1) is 22.0. The van der Waals surface area contributed by atoms with E-state index in [0.717, 1.165) is 18.2 Å². The molecular formula is C20H18ClF4N3O2. The van der Waals surface area contributed by atoms with Gasteiger partial charge >= 0.3 is 6.18 Å². The van der Waals surface area contributed by atoms with Crippen LogP contribution in [0.25, 0.3) is 0 Å². The molecule has 0 aromatic heterocycles. The predicted molar refractivity (Wildman–Crippen MR) is 104 cm³/mol. The summed E-state index contributed by atoms with van der Waals surface area (Å²) in [5.41, 5.74) is -1.40. The minimum Gasteiger partial charge on any atom is -0.336 e. The van der Waals surface area contributed by atoms with Gasteiger partial charge in [-0.2, -0.15) is 13.2 Å². The van der Waals surface area contributed by atoms with Gasteiger partial charge in [0, 0.05) is 31.2 Å². The maximum atomic E-state index is 13.7. The Bertz CT molecular complexity index is 944. The number of rotatable bonds is 4. The number of carbonyl (C=O) groups excluding carboxylic acids is 2. The number of alkyl halides is 3. The van der Waals surface area contributed by atoms with Crippen LogP contribution in [0, 0.1) is 5.82 Å². The van der Waals surface area contributed by atoms with Crippen molar-refractivity contribution < 1.29 is 27.2 Å². The van der Waals surface area contributed by atoms with E-state index in [4.69, 9.17) is 11.6 Å². The molecule has 5 nitrogen and oxygen atoms in total. The highest BCUT2D eigenvalue weighted by molar-refractivity contribution is 6.30. The molecular weight excluding hydrogens is 426 g/mol. The van der Waals surface area contributed by atoms with E-state index < -0.39 is 34.9 Å². The van der Waals surface area contributed by atoms with E-state index in [1.807, 2.05) is 0 Å². The summed E-state index contributed by atoms with van der Waals surface area (Å²) in [5, 5.41) is 2.71. The van der Waals surface area contributed by atoms with Crippen LogP contribution in [0.1, 0.15) is 15.9 Å². The molecule has 0 bridgehead atoms. The quantitative estimate of drug-likeness (QED) is 0.729. The van der Waals surface area contributed by atoms with E-state index in [9.17, 15) is 27.2 Å². The van der Waals surface area contributed by atoms with Crippen molar-refractivity contribution in [2.45, 2.75) is 6.18 Å². The molecule has 0 atom stereocenters. The second kappa shape index (κ2) is 9.01. The molecule has 1 aliphatic heterocycles. The number of amides is 2. The molecule has 0 saturated carbocycles. The summed E-state index contributed by atoms with van der Waals surface area (Å²) < 4.78 is 53.2. The molecule has 10 heteroatoms. The second-order valence-corrected chi connectivity index (χ2v) is 7.22. The predicted octanol–water partition coefficient (Wildman–Crippen LogP) is 3.89. The fraction of sp³-hybridized carbons (Fsp3) is 0.300. The van der Waals surface area contributed by atoms with E-state index in [1.54, 1.807) is 4.90 Å². The Hall–Kier alpha value is -2.65. The van der Waals surface area contributed by atoms with Crippen molar-refractivity contribution in [1.29, 1.82) is 0 Å². The number of hydrogen-bond donors (Lipinski definition) is 1. The number of carbonyl (C=O) groups is 2. The number of anilines is 1. The lowest BCUT2D eigenvalue weighted by Crippen LogP contribution is -2.50. The zero-order valence-electron chi connectivity index (χ0n) is 15.7. The lowest BCUT2D eigenvalue weighted by Gasteiger charge is -2.34. The van der Waals surface area contributed by atoms with Gasteiger partial charge in [-0.05, 0) is 30.3 Å². The van der Waals surface area contributed by atoms with Crippen molar-refractivity contribution in [3.05, 3.63) is 64.4 Å². The van der Waals surface area contributed by atoms with Crippen LogP contribution in [0.3, 0.4) is 0 Å². The van der Waals surface area contributed by atoms with Crippen molar-refractivity contribution in [2.24, 2.45) is 0 Å². The third kappa shape index (κ3) is 5.28. The van der Waals surface area contributed by atoms with Crippen LogP contribution in [-0.2, 0) is 11.0 Å². The van der Waals surface area contributed by atoms with Gasteiger partial charge in [-0.15, -0.1) is 0 Å². The maximum Gasteiger partial charge on any atom is 0.417 e. The van der Waals surface area contributed by atoms with Crippen LogP contribution < -0.4 is 5.32 Å². The standard InChI is InChI=1S/C20H18ClF4N3O2/c21-13-5-6-16(22)17(11-13)26-18(29)12-27-7-9-28(10-8-27)19(30)14-3-1-2-4-15(14)20(23,24)25/h1-6,11H,7-10,12H2,(H,26,29). The average molecular weight is 444 g/mol. The molecule has 2 amide bonds. The normalized spacial score (nSPS) is 15.2. The smallest absolute Gasteiger partial charge is 0.336 e. The summed E-state index contributed by atoms with van der Waals surface area (Å²) >= 11 is 5.79. The van der Waals surface area contributed by atoms with Gasteiger partial charge in [0.05, 0.1) is 23.4 Å². The molecule has 160 valence electrons. The Morgan fingerprint density at radius 1 is 1.03 bits per heavy atom. The van der Waals surface area contributed by atoms with Gasteiger partial charge in [0.2, 0.25) is 5.91 Å². The number of piperazine rings is 1. The first-order valence-electron chi connectivity index (χ1n) is 9.08. The Kier molecular flexibility index (Phi) is 6.62. The van der Waals surface area contributed by atoms with Gasteiger partial charge in [0.25, 0.3) is 5.91 Å². The van der Waals surface area contributed by atoms with E-state index in [1.165, 1.54) is 29.2 Å². The molecule has 30 heavy (non-hydrogen) atoms. The third-order valence-electron chi connectivity index (χ3n) is 4.69. The molecule has 2 aromatic rings. The Labute approximate surface area is 175 Å². The minimum absolute atomic E-state index is 0.0370. The van der Waals surface area contributed by atoms with Crippen molar-refractivity contribution in [3.63, 3.8) is 0 Å². The molecule has 1 N–H and O–H groups in total. The van der Waals surface area contributed by atoms with Gasteiger partial charge in [-0.1, -0.05) is 23.7 Å². The first-order chi connectivity index (χ1) is 14.1. The molecule has 3 rings (SSSR count). The first-order valence-corrected chi connectivity index (χ1v) is 9.45. The fourth-order valence-electron chi connectivity index (χ4n) is 3.18. The maximum absolute atomic E-state index is 13.7. The molecule has 0 radical (unpaired) electrons. The SMILES string of the molecule is O=C(CN1CCN(C(=O)c2ccccc2C(F)(F)F)CC1)Nc1cc(Cl)ccc1F. The van der Waals surface area contributed by atoms with E-state index in [-0.39, 0.29) is 30.3 Å². The van der Waals surface area contributed by atoms with Gasteiger partial charge in [0.15, 0.2) is 0 Å². The zero-order valence-corrected chi connectivity index (χ0v) is 16.4. The lowest BCUT2D eigenvalue weighted by molar-refractivity contribution is -0.138. The van der Waals surface area contributed by atoms with Crippen molar-refractivity contribution in [1.82, 2.24) is 9.80 Å². The van der Waals surface area contributed by atoms with Gasteiger partial charge < -0.3 is 10.2 Å². The molecule has 0 unspecified atom stereocenters. The van der Waals surface area contributed by atoms with E-state index in [0.29, 0.717) is 13.1 Å². The van der Waals surface area contributed by atoms with Crippen LogP contribution in [0.4, 0.5) is 23.2 Å². The van der Waals surface area contributed by atoms with Crippen LogP contribution in [0.5, 0.6) is 0 Å². The van der Waals surface area contributed by atoms with Crippen LogP contribution in [-0.4, -0.2) is 54.3 Å². The average Bonchev–Trinajstić information content (AvgIpc) is 2.70. The number of halogens is 5. The Morgan fingerprint density at radius 2 is 1.70 bits per heavy atom. The molecule has 0 spiro atoms. The molecule has 1 fully saturated rings. The van der Waals surface area contributed by atoms with Gasteiger partial charge in [-0.3, -0.25) is 14.5 Å². The van der Waals surface area contributed by atoms with Crippen molar-refractivity contribution in [3.8, 4) is 0 Å². The number of hydrogen-bond acceptors (Lipinski definition) is 3. The summed E-state index contributed by atoms with van der Waals surface area (Å²) in [6.45, 7) is 0.886. The number of nitrogens with zero attached hydrogens (tertiary/aromatic N) is 2. The largest absolute Gasteiger partial charge is 0.417 e. The molecule has 1 saturated heterocycles. The summed E-state index contributed by atoms with van der Waals surface area (Å²) in [7, 11) is 0. The highest BCUT2D eigenvalue weighted by atomic mass is 35.5. The van der Waals surface area contributed by atoms with Crippen LogP contribution in [0.15, 0.2) is 42.5 Å². The monoisotopic (exact) mass is 443 g/mol. The number of benzene rings is 2. The summed E-state index contributed by atoms with van der Waals surface area (Å²) in [6, 6.07) is 8.45. The van der Waals surface area contributed by atoms with Crippen LogP contribution >= 0.6 is 11.6 Å². The molecule has 0 aliphatic carbocycles. The van der Waals surface area contributed by atoms with Crippen molar-refractivity contribution >= 4 is 29.1 Å². The summed E-state index contributed by atoms with van der Waals surface area (Å²) in [5.74, 6) is -1.78. The minimum atomic E-state index is -4.62. The molecule has 1 aliphatic rings. The molecule has 1 heterocycles. The van der Waals surface area contributed by atoms with Crippen molar-refractivity contribution in [2.75, 3.05) is 38.0 Å². The number of nitrogens with one attached hydrogen (secondary N) is 1. The summed E-state index contributed by atoms with van der Waals surface area (Å²) in [6.07, 6.45) is -4.62. The Balaban J connectivity index is 1.57. The van der Waals surface area contributed by atoms with Gasteiger partial charge in [-0.25, -0.2) is 4.39 Å². The second-order valence-electron chi connectivity index (χ2n) is 6.78. The van der Waals surface area contributed by atoms with Gasteiger partial charge in [0.1, 0.15) is 5.82 Å². The molecule has 2 aromatic carbocycles. The fourth-order valence-corrected chi connectivity index (χ4v) is 3.35. The Morgan fingerprint density at radius 3 is 2.37 bits per heavy atom. The topological polar surface area (TPSA) is 52.7 Å². The lowest BCUT2D eigenvalue weighted by atomic mass is 10.1.